The van der Waals surface area contributed by atoms with Gasteiger partial charge in [-0.25, -0.2) is 0 Å². The molecule has 0 aliphatic heterocycles. The van der Waals surface area contributed by atoms with E-state index in [1.54, 1.807) is 0 Å². The number of hydrogen-bond acceptors (Lipinski definition) is 2. The summed E-state index contributed by atoms with van der Waals surface area (Å²) in [6, 6.07) is 9.16. The predicted octanol–water partition coefficient (Wildman–Crippen LogP) is 3.62. The number of rotatable bonds is 4. The summed E-state index contributed by atoms with van der Waals surface area (Å²) in [6.45, 7) is 6.91. The van der Waals surface area contributed by atoms with Gasteiger partial charge in [-0.1, -0.05) is 51.1 Å². The summed E-state index contributed by atoms with van der Waals surface area (Å²) in [4.78, 5) is 11.7. The van der Waals surface area contributed by atoms with E-state index in [4.69, 9.17) is 0 Å². The first-order valence-corrected chi connectivity index (χ1v) is 7.88. The average Bonchev–Trinajstić information content (AvgIpc) is 2.90. The summed E-state index contributed by atoms with van der Waals surface area (Å²) in [5.41, 5.74) is 1.23. The van der Waals surface area contributed by atoms with Gasteiger partial charge in [0.2, 0.25) is 0 Å². The highest BCUT2D eigenvalue weighted by Gasteiger charge is 2.59. The molecule has 0 saturated heterocycles. The van der Waals surface area contributed by atoms with Crippen LogP contribution in [0.15, 0.2) is 30.3 Å². The van der Waals surface area contributed by atoms with Crippen LogP contribution in [0.2, 0.25) is 0 Å². The van der Waals surface area contributed by atoms with Crippen LogP contribution in [0.5, 0.6) is 0 Å². The zero-order valence-corrected chi connectivity index (χ0v) is 13.1. The number of nitrogens with one attached hydrogen (secondary N) is 1. The van der Waals surface area contributed by atoms with E-state index in [-0.39, 0.29) is 16.9 Å². The lowest BCUT2D eigenvalue weighted by Gasteiger charge is -2.44. The number of carboxylic acid groups (broad SMARTS) is 1. The van der Waals surface area contributed by atoms with Gasteiger partial charge in [-0.05, 0) is 41.6 Å². The molecule has 3 rings (SSSR count). The van der Waals surface area contributed by atoms with Gasteiger partial charge in [-0.15, -0.1) is 0 Å². The zero-order chi connectivity index (χ0) is 15.3. The Labute approximate surface area is 126 Å². The van der Waals surface area contributed by atoms with Crippen LogP contribution in [0, 0.1) is 16.7 Å². The molecule has 0 aromatic heterocycles. The largest absolute Gasteiger partial charge is 0.480 e. The Morgan fingerprint density at radius 3 is 2.48 bits per heavy atom. The minimum atomic E-state index is -0.789. The van der Waals surface area contributed by atoms with E-state index in [1.165, 1.54) is 19.3 Å². The highest BCUT2D eigenvalue weighted by Crippen LogP contribution is 2.62. The third-order valence-corrected chi connectivity index (χ3v) is 5.98. The second-order valence-electron chi connectivity index (χ2n) is 7.70. The molecule has 1 aromatic carbocycles. The van der Waals surface area contributed by atoms with Gasteiger partial charge >= 0.3 is 5.97 Å². The summed E-state index contributed by atoms with van der Waals surface area (Å²) in [7, 11) is 0. The van der Waals surface area contributed by atoms with Crippen molar-refractivity contribution in [3.63, 3.8) is 0 Å². The summed E-state index contributed by atoms with van der Waals surface area (Å²) < 4.78 is 0. The summed E-state index contributed by atoms with van der Waals surface area (Å²) >= 11 is 0. The first kappa shape index (κ1) is 14.6. The van der Waals surface area contributed by atoms with Gasteiger partial charge in [0.1, 0.15) is 6.04 Å². The number of aliphatic carboxylic acids is 1. The van der Waals surface area contributed by atoms with Crippen LogP contribution in [0.25, 0.3) is 0 Å². The number of carbonyl (C=O) groups is 1. The van der Waals surface area contributed by atoms with Crippen molar-refractivity contribution in [2.75, 3.05) is 0 Å². The first-order valence-electron chi connectivity index (χ1n) is 7.88. The Bertz CT molecular complexity index is 535. The molecule has 1 aromatic rings. The second-order valence-corrected chi connectivity index (χ2v) is 7.70. The van der Waals surface area contributed by atoms with Crippen LogP contribution in [0.1, 0.15) is 51.6 Å². The van der Waals surface area contributed by atoms with E-state index in [0.717, 1.165) is 5.56 Å². The van der Waals surface area contributed by atoms with Crippen LogP contribution in [-0.4, -0.2) is 17.1 Å². The molecular formula is C18H25NO2. The molecule has 0 radical (unpaired) electrons. The van der Waals surface area contributed by atoms with Gasteiger partial charge in [0.25, 0.3) is 0 Å². The normalized spacial score (nSPS) is 34.8. The van der Waals surface area contributed by atoms with Crippen molar-refractivity contribution in [1.29, 1.82) is 0 Å². The van der Waals surface area contributed by atoms with E-state index in [0.29, 0.717) is 5.92 Å². The fraction of sp³-hybridized carbons (Fsp3) is 0.611. The number of benzene rings is 1. The minimum absolute atomic E-state index is 0.162. The molecule has 2 bridgehead atoms. The second kappa shape index (κ2) is 4.84. The third-order valence-electron chi connectivity index (χ3n) is 5.98. The maximum Gasteiger partial charge on any atom is 0.325 e. The van der Waals surface area contributed by atoms with Gasteiger partial charge in [0.05, 0.1) is 0 Å². The highest BCUT2D eigenvalue weighted by molar-refractivity contribution is 5.75. The van der Waals surface area contributed by atoms with Crippen molar-refractivity contribution < 1.29 is 9.90 Å². The zero-order valence-electron chi connectivity index (χ0n) is 13.1. The molecule has 0 heterocycles. The van der Waals surface area contributed by atoms with Crippen LogP contribution >= 0.6 is 0 Å². The topological polar surface area (TPSA) is 49.3 Å². The quantitative estimate of drug-likeness (QED) is 0.889. The molecule has 4 unspecified atom stereocenters. The Morgan fingerprint density at radius 2 is 1.95 bits per heavy atom. The lowest BCUT2D eigenvalue weighted by Crippen LogP contribution is -2.52. The summed E-state index contributed by atoms with van der Waals surface area (Å²) in [5, 5.41) is 13.1. The minimum Gasteiger partial charge on any atom is -0.480 e. The molecule has 2 saturated carbocycles. The Morgan fingerprint density at radius 1 is 1.29 bits per heavy atom. The van der Waals surface area contributed by atoms with E-state index in [9.17, 15) is 9.90 Å². The smallest absolute Gasteiger partial charge is 0.325 e. The molecular weight excluding hydrogens is 262 g/mol. The predicted molar refractivity (Wildman–Crippen MR) is 83.0 cm³/mol. The van der Waals surface area contributed by atoms with Crippen molar-refractivity contribution in [1.82, 2.24) is 5.32 Å². The van der Waals surface area contributed by atoms with Gasteiger partial charge in [-0.3, -0.25) is 10.1 Å². The molecule has 21 heavy (non-hydrogen) atoms. The number of fused-ring (bicyclic) bond motifs is 2. The van der Waals surface area contributed by atoms with Crippen LogP contribution in [0.3, 0.4) is 0 Å². The standard InChI is InChI=1S/C18H25NO2/c1-17(2)13-9-10-18(3,11-13)16(17)19-14(15(20)21)12-7-5-4-6-8-12/h4-8,13-14,16,19H,9-11H2,1-3H3,(H,20,21). The summed E-state index contributed by atoms with van der Waals surface area (Å²) in [5.74, 6) is -0.0754. The maximum absolute atomic E-state index is 11.7. The number of carboxylic acids is 1. The molecule has 2 aliphatic rings. The van der Waals surface area contributed by atoms with Gasteiger partial charge in [0, 0.05) is 6.04 Å². The van der Waals surface area contributed by atoms with Crippen LogP contribution < -0.4 is 5.32 Å². The SMILES string of the molecule is CC12CCC(C1)C(C)(C)C2NC(C(=O)O)c1ccccc1. The summed E-state index contributed by atoms with van der Waals surface area (Å²) in [6.07, 6.45) is 3.71. The van der Waals surface area contributed by atoms with Crippen molar-refractivity contribution in [2.24, 2.45) is 16.7 Å². The van der Waals surface area contributed by atoms with Crippen molar-refractivity contribution in [3.05, 3.63) is 35.9 Å². The molecule has 114 valence electrons. The van der Waals surface area contributed by atoms with Crippen LogP contribution in [-0.2, 0) is 4.79 Å². The van der Waals surface area contributed by atoms with Gasteiger partial charge < -0.3 is 5.11 Å². The molecule has 0 spiro atoms. The van der Waals surface area contributed by atoms with Crippen molar-refractivity contribution in [3.8, 4) is 0 Å². The Balaban J connectivity index is 1.88. The molecule has 0 amide bonds. The monoisotopic (exact) mass is 287 g/mol. The fourth-order valence-corrected chi connectivity index (χ4v) is 4.84. The Hall–Kier alpha value is -1.35. The lowest BCUT2D eigenvalue weighted by atomic mass is 9.68. The van der Waals surface area contributed by atoms with E-state index in [1.807, 2.05) is 30.3 Å². The van der Waals surface area contributed by atoms with E-state index in [2.05, 4.69) is 26.1 Å². The fourth-order valence-electron chi connectivity index (χ4n) is 4.84. The van der Waals surface area contributed by atoms with Crippen molar-refractivity contribution in [2.45, 2.75) is 52.1 Å². The van der Waals surface area contributed by atoms with E-state index < -0.39 is 12.0 Å². The molecule has 4 atom stereocenters. The molecule has 3 heteroatoms. The van der Waals surface area contributed by atoms with Gasteiger partial charge in [-0.2, -0.15) is 0 Å². The lowest BCUT2D eigenvalue weighted by molar-refractivity contribution is -0.140. The number of hydrogen-bond donors (Lipinski definition) is 2. The highest BCUT2D eigenvalue weighted by atomic mass is 16.4. The van der Waals surface area contributed by atoms with Crippen molar-refractivity contribution >= 4 is 5.97 Å². The molecule has 3 nitrogen and oxygen atoms in total. The third kappa shape index (κ3) is 2.28. The molecule has 2 fully saturated rings. The van der Waals surface area contributed by atoms with Crippen LogP contribution in [0.4, 0.5) is 0 Å². The Kier molecular flexibility index (Phi) is 3.36. The maximum atomic E-state index is 11.7. The molecule has 2 aliphatic carbocycles. The average molecular weight is 287 g/mol. The first-order chi connectivity index (χ1) is 9.84. The molecule has 2 N–H and O–H groups in total. The van der Waals surface area contributed by atoms with Gasteiger partial charge in [0.15, 0.2) is 0 Å². The van der Waals surface area contributed by atoms with E-state index >= 15 is 0 Å².